The fraction of sp³-hybridized carbons (Fsp3) is 0.250. The lowest BCUT2D eigenvalue weighted by Crippen LogP contribution is -1.94. The topological polar surface area (TPSA) is 45.0 Å². The van der Waals surface area contributed by atoms with Gasteiger partial charge in [0.15, 0.2) is 0 Å². The summed E-state index contributed by atoms with van der Waals surface area (Å²) in [5.74, 6) is 0.334. The average Bonchev–Trinajstić information content (AvgIpc) is 2.06. The lowest BCUT2D eigenvalue weighted by molar-refractivity contribution is 0.467. The van der Waals surface area contributed by atoms with E-state index in [1.807, 2.05) is 6.07 Å². The highest BCUT2D eigenvalue weighted by atomic mass is 16.3. The zero-order valence-corrected chi connectivity index (χ0v) is 5.99. The van der Waals surface area contributed by atoms with Crippen LogP contribution in [0.4, 0.5) is 5.69 Å². The third-order valence-electron chi connectivity index (χ3n) is 1.77. The van der Waals surface area contributed by atoms with Crippen LogP contribution in [0.2, 0.25) is 0 Å². The number of aromatic hydroxyl groups is 1. The van der Waals surface area contributed by atoms with Crippen LogP contribution in [0, 0.1) is 0 Å². The smallest absolute Gasteiger partial charge is 0.121 e. The van der Waals surface area contributed by atoms with Gasteiger partial charge in [0.25, 0.3) is 0 Å². The third-order valence-corrected chi connectivity index (χ3v) is 1.77. The van der Waals surface area contributed by atoms with Gasteiger partial charge in [-0.25, -0.2) is 0 Å². The molecule has 0 unspecified atom stereocenters. The molecule has 1 N–H and O–H groups in total. The molecule has 0 saturated heterocycles. The molecule has 0 aliphatic carbocycles. The standard InChI is InChI=1S/C8H8N2O/c11-8-3-1-2-7-6(8)4-5-9-10-7/h1-3,11H,4-5H2. The van der Waals surface area contributed by atoms with Crippen molar-refractivity contribution in [2.45, 2.75) is 6.42 Å². The summed E-state index contributed by atoms with van der Waals surface area (Å²) < 4.78 is 0. The van der Waals surface area contributed by atoms with Gasteiger partial charge >= 0.3 is 0 Å². The number of rotatable bonds is 0. The zero-order valence-electron chi connectivity index (χ0n) is 5.99. The van der Waals surface area contributed by atoms with Crippen molar-refractivity contribution in [3.8, 4) is 5.75 Å². The zero-order chi connectivity index (χ0) is 7.68. The second-order valence-corrected chi connectivity index (χ2v) is 2.49. The van der Waals surface area contributed by atoms with Crippen LogP contribution >= 0.6 is 0 Å². The molecular formula is C8H8N2O. The second kappa shape index (κ2) is 2.34. The number of hydrogen-bond acceptors (Lipinski definition) is 3. The van der Waals surface area contributed by atoms with Gasteiger partial charge in [0.05, 0.1) is 12.2 Å². The van der Waals surface area contributed by atoms with Crippen molar-refractivity contribution in [3.63, 3.8) is 0 Å². The summed E-state index contributed by atoms with van der Waals surface area (Å²) in [6.07, 6.45) is 0.797. The molecule has 0 radical (unpaired) electrons. The maximum absolute atomic E-state index is 9.35. The summed E-state index contributed by atoms with van der Waals surface area (Å²) in [6.45, 7) is 0.685. The van der Waals surface area contributed by atoms with E-state index in [0.29, 0.717) is 12.3 Å². The van der Waals surface area contributed by atoms with E-state index >= 15 is 0 Å². The Morgan fingerprint density at radius 1 is 1.36 bits per heavy atom. The largest absolute Gasteiger partial charge is 0.508 e. The van der Waals surface area contributed by atoms with Gasteiger partial charge in [-0.05, 0) is 18.6 Å². The van der Waals surface area contributed by atoms with Crippen LogP contribution in [-0.4, -0.2) is 11.7 Å². The Kier molecular flexibility index (Phi) is 1.35. The van der Waals surface area contributed by atoms with Crippen molar-refractivity contribution in [1.29, 1.82) is 0 Å². The molecule has 0 spiro atoms. The maximum Gasteiger partial charge on any atom is 0.121 e. The van der Waals surface area contributed by atoms with Gasteiger partial charge in [-0.1, -0.05) is 6.07 Å². The molecule has 1 aliphatic heterocycles. The van der Waals surface area contributed by atoms with E-state index in [1.165, 1.54) is 0 Å². The van der Waals surface area contributed by atoms with Crippen LogP contribution in [-0.2, 0) is 6.42 Å². The van der Waals surface area contributed by atoms with Gasteiger partial charge in [0.2, 0.25) is 0 Å². The van der Waals surface area contributed by atoms with Crippen LogP contribution in [0.1, 0.15) is 5.56 Å². The highest BCUT2D eigenvalue weighted by Crippen LogP contribution is 2.30. The number of phenols is 1. The Bertz CT molecular complexity index is 307. The molecule has 0 fully saturated rings. The molecule has 2 rings (SSSR count). The molecule has 0 amide bonds. The van der Waals surface area contributed by atoms with Gasteiger partial charge in [0.1, 0.15) is 5.75 Å². The van der Waals surface area contributed by atoms with E-state index in [0.717, 1.165) is 17.7 Å². The van der Waals surface area contributed by atoms with E-state index in [4.69, 9.17) is 0 Å². The molecule has 1 heterocycles. The quantitative estimate of drug-likeness (QED) is 0.601. The normalized spacial score (nSPS) is 14.5. The number of hydrogen-bond donors (Lipinski definition) is 1. The molecule has 1 aliphatic rings. The molecule has 0 atom stereocenters. The SMILES string of the molecule is Oc1cccc2c1CCN=N2. The Morgan fingerprint density at radius 3 is 3.09 bits per heavy atom. The van der Waals surface area contributed by atoms with Gasteiger partial charge < -0.3 is 5.11 Å². The predicted molar refractivity (Wildman–Crippen MR) is 41.2 cm³/mol. The number of azo groups is 1. The molecule has 1 aromatic rings. The summed E-state index contributed by atoms with van der Waals surface area (Å²) >= 11 is 0. The summed E-state index contributed by atoms with van der Waals surface area (Å²) in [5, 5.41) is 17.1. The predicted octanol–water partition coefficient (Wildman–Crippen LogP) is 2.03. The van der Waals surface area contributed by atoms with Crippen molar-refractivity contribution in [2.75, 3.05) is 6.54 Å². The highest BCUT2D eigenvalue weighted by molar-refractivity contribution is 5.53. The van der Waals surface area contributed by atoms with E-state index < -0.39 is 0 Å². The number of benzene rings is 1. The first-order valence-electron chi connectivity index (χ1n) is 3.56. The minimum absolute atomic E-state index is 0.334. The molecule has 0 bridgehead atoms. The van der Waals surface area contributed by atoms with Crippen molar-refractivity contribution in [1.82, 2.24) is 0 Å². The molecule has 56 valence electrons. The van der Waals surface area contributed by atoms with Crippen LogP contribution in [0.25, 0.3) is 0 Å². The number of nitrogens with zero attached hydrogens (tertiary/aromatic N) is 2. The van der Waals surface area contributed by atoms with Gasteiger partial charge in [-0.3, -0.25) is 0 Å². The molecule has 3 heteroatoms. The first kappa shape index (κ1) is 6.34. The summed E-state index contributed by atoms with van der Waals surface area (Å²) in [7, 11) is 0. The van der Waals surface area contributed by atoms with Crippen LogP contribution in [0.15, 0.2) is 28.4 Å². The minimum atomic E-state index is 0.334. The molecule has 11 heavy (non-hydrogen) atoms. The lowest BCUT2D eigenvalue weighted by atomic mass is 10.1. The first-order chi connectivity index (χ1) is 5.38. The molecule has 0 saturated carbocycles. The molecular weight excluding hydrogens is 140 g/mol. The Hall–Kier alpha value is -1.38. The average molecular weight is 148 g/mol. The van der Waals surface area contributed by atoms with Crippen molar-refractivity contribution < 1.29 is 5.11 Å². The summed E-state index contributed by atoms with van der Waals surface area (Å²) in [4.78, 5) is 0. The molecule has 1 aromatic carbocycles. The van der Waals surface area contributed by atoms with Crippen molar-refractivity contribution in [3.05, 3.63) is 23.8 Å². The van der Waals surface area contributed by atoms with Gasteiger partial charge in [-0.2, -0.15) is 10.2 Å². The van der Waals surface area contributed by atoms with Crippen LogP contribution in [0.5, 0.6) is 5.75 Å². The van der Waals surface area contributed by atoms with Crippen molar-refractivity contribution in [2.24, 2.45) is 10.2 Å². The van der Waals surface area contributed by atoms with Gasteiger partial charge in [0, 0.05) is 5.56 Å². The van der Waals surface area contributed by atoms with E-state index in [2.05, 4.69) is 10.2 Å². The lowest BCUT2D eigenvalue weighted by Gasteiger charge is -2.08. The monoisotopic (exact) mass is 148 g/mol. The third kappa shape index (κ3) is 0.981. The Labute approximate surface area is 64.4 Å². The molecule has 0 aromatic heterocycles. The minimum Gasteiger partial charge on any atom is -0.508 e. The maximum atomic E-state index is 9.35. The summed E-state index contributed by atoms with van der Waals surface area (Å²) in [6, 6.07) is 5.32. The van der Waals surface area contributed by atoms with E-state index in [9.17, 15) is 5.11 Å². The van der Waals surface area contributed by atoms with Crippen LogP contribution < -0.4 is 0 Å². The van der Waals surface area contributed by atoms with Gasteiger partial charge in [-0.15, -0.1) is 0 Å². The highest BCUT2D eigenvalue weighted by Gasteiger charge is 2.09. The van der Waals surface area contributed by atoms with Crippen molar-refractivity contribution >= 4 is 5.69 Å². The number of phenolic OH excluding ortho intramolecular Hbond substituents is 1. The van der Waals surface area contributed by atoms with E-state index in [-0.39, 0.29) is 0 Å². The fourth-order valence-corrected chi connectivity index (χ4v) is 1.20. The molecule has 3 nitrogen and oxygen atoms in total. The fourth-order valence-electron chi connectivity index (χ4n) is 1.20. The first-order valence-corrected chi connectivity index (χ1v) is 3.56. The van der Waals surface area contributed by atoms with Crippen LogP contribution in [0.3, 0.4) is 0 Å². The Morgan fingerprint density at radius 2 is 2.27 bits per heavy atom. The Balaban J connectivity index is 2.60. The second-order valence-electron chi connectivity index (χ2n) is 2.49. The number of fused-ring (bicyclic) bond motifs is 1. The van der Waals surface area contributed by atoms with E-state index in [1.54, 1.807) is 12.1 Å². The summed E-state index contributed by atoms with van der Waals surface area (Å²) in [5.41, 5.74) is 1.72.